The molecule has 70 valence electrons. The van der Waals surface area contributed by atoms with Gasteiger partial charge in [-0.25, -0.2) is 0 Å². The minimum absolute atomic E-state index is 0. The molecule has 0 heterocycles. The van der Waals surface area contributed by atoms with Gasteiger partial charge in [0.15, 0.2) is 0 Å². The maximum atomic E-state index is 2.48. The second-order valence-electron chi connectivity index (χ2n) is 4.07. The first-order chi connectivity index (χ1) is 5.90. The van der Waals surface area contributed by atoms with E-state index in [9.17, 15) is 0 Å². The van der Waals surface area contributed by atoms with Crippen LogP contribution >= 0.6 is 0 Å². The van der Waals surface area contributed by atoms with Crippen molar-refractivity contribution >= 4 is 0 Å². The largest absolute Gasteiger partial charge is 0.0659 e. The first kappa shape index (κ1) is 11.4. The molecule has 0 bridgehead atoms. The van der Waals surface area contributed by atoms with Crippen molar-refractivity contribution in [3.8, 4) is 0 Å². The van der Waals surface area contributed by atoms with Crippen molar-refractivity contribution in [3.05, 3.63) is 22.8 Å². The van der Waals surface area contributed by atoms with Crippen LogP contribution in [-0.2, 0) is 26.2 Å². The van der Waals surface area contributed by atoms with Crippen molar-refractivity contribution in [1.29, 1.82) is 0 Å². The molecular weight excluding hydrogens is 235 g/mol. The van der Waals surface area contributed by atoms with Crippen molar-refractivity contribution in [2.75, 3.05) is 0 Å². The van der Waals surface area contributed by atoms with E-state index in [1.54, 1.807) is 16.7 Å². The van der Waals surface area contributed by atoms with Crippen LogP contribution in [0.5, 0.6) is 0 Å². The molecule has 2 rings (SSSR count). The summed E-state index contributed by atoms with van der Waals surface area (Å²) >= 11 is 0. The topological polar surface area (TPSA) is 0 Å². The fraction of sp³-hybridized carbons (Fsp3) is 0.667. The molecule has 0 aromatic carbocycles. The Hall–Kier alpha value is 0.363. The second-order valence-corrected chi connectivity index (χ2v) is 4.07. The smallest absolute Gasteiger partial charge is 0 e. The number of hydrogen-bond acceptors (Lipinski definition) is 0. The SMILES string of the molecule is CCCC1=CC2=C(CCCC2)C1.[Zr]. The molecule has 0 amide bonds. The van der Waals surface area contributed by atoms with E-state index in [-0.39, 0.29) is 26.2 Å². The van der Waals surface area contributed by atoms with Gasteiger partial charge in [-0.1, -0.05) is 30.6 Å². The van der Waals surface area contributed by atoms with Crippen molar-refractivity contribution in [2.45, 2.75) is 51.9 Å². The van der Waals surface area contributed by atoms with Crippen LogP contribution in [0.2, 0.25) is 0 Å². The fourth-order valence-corrected chi connectivity index (χ4v) is 2.42. The minimum Gasteiger partial charge on any atom is -0.0659 e. The van der Waals surface area contributed by atoms with Gasteiger partial charge in [0, 0.05) is 26.2 Å². The third-order valence-electron chi connectivity index (χ3n) is 3.02. The molecular formula is C12H18Zr. The predicted octanol–water partition coefficient (Wildman–Crippen LogP) is 3.98. The normalized spacial score (nSPS) is 20.8. The van der Waals surface area contributed by atoms with E-state index in [0.717, 1.165) is 0 Å². The molecule has 1 heteroatoms. The Morgan fingerprint density at radius 2 is 2.00 bits per heavy atom. The number of hydrogen-bond donors (Lipinski definition) is 0. The van der Waals surface area contributed by atoms with E-state index >= 15 is 0 Å². The molecule has 0 aromatic rings. The molecule has 0 atom stereocenters. The minimum atomic E-state index is 0. The van der Waals surface area contributed by atoms with Crippen molar-refractivity contribution in [1.82, 2.24) is 0 Å². The summed E-state index contributed by atoms with van der Waals surface area (Å²) in [5, 5.41) is 0. The first-order valence-electron chi connectivity index (χ1n) is 5.30. The summed E-state index contributed by atoms with van der Waals surface area (Å²) in [4.78, 5) is 0. The Morgan fingerprint density at radius 3 is 2.69 bits per heavy atom. The van der Waals surface area contributed by atoms with Gasteiger partial charge in [-0.3, -0.25) is 0 Å². The molecule has 0 unspecified atom stereocenters. The second kappa shape index (κ2) is 5.30. The van der Waals surface area contributed by atoms with Crippen molar-refractivity contribution < 1.29 is 26.2 Å². The van der Waals surface area contributed by atoms with E-state index in [2.05, 4.69) is 13.0 Å². The quantitative estimate of drug-likeness (QED) is 0.698. The third kappa shape index (κ3) is 2.65. The summed E-state index contributed by atoms with van der Waals surface area (Å²) in [5.74, 6) is 0. The molecule has 0 N–H and O–H groups in total. The van der Waals surface area contributed by atoms with Crippen LogP contribution in [0.3, 0.4) is 0 Å². The molecule has 0 fully saturated rings. The van der Waals surface area contributed by atoms with Gasteiger partial charge < -0.3 is 0 Å². The molecule has 13 heavy (non-hydrogen) atoms. The summed E-state index contributed by atoms with van der Waals surface area (Å²) in [6, 6.07) is 0. The zero-order valence-corrected chi connectivity index (χ0v) is 11.0. The zero-order chi connectivity index (χ0) is 8.39. The predicted molar refractivity (Wildman–Crippen MR) is 53.1 cm³/mol. The molecule has 0 saturated carbocycles. The molecule has 2 aliphatic rings. The summed E-state index contributed by atoms with van der Waals surface area (Å²) < 4.78 is 0. The monoisotopic (exact) mass is 252 g/mol. The Balaban J connectivity index is 0.000000845. The summed E-state index contributed by atoms with van der Waals surface area (Å²) in [6.45, 7) is 2.28. The summed E-state index contributed by atoms with van der Waals surface area (Å²) in [7, 11) is 0. The van der Waals surface area contributed by atoms with E-state index in [1.165, 1.54) is 44.9 Å². The molecule has 0 saturated heterocycles. The van der Waals surface area contributed by atoms with Gasteiger partial charge in [0.25, 0.3) is 0 Å². The Morgan fingerprint density at radius 1 is 1.23 bits per heavy atom. The summed E-state index contributed by atoms with van der Waals surface area (Å²) in [6.07, 6.45) is 12.1. The van der Waals surface area contributed by atoms with Crippen LogP contribution in [0.25, 0.3) is 0 Å². The third-order valence-corrected chi connectivity index (χ3v) is 3.02. The molecule has 0 radical (unpaired) electrons. The fourth-order valence-electron chi connectivity index (χ4n) is 2.42. The van der Waals surface area contributed by atoms with Crippen LogP contribution in [0.4, 0.5) is 0 Å². The van der Waals surface area contributed by atoms with Gasteiger partial charge in [-0.15, -0.1) is 0 Å². The first-order valence-corrected chi connectivity index (χ1v) is 5.30. The van der Waals surface area contributed by atoms with Gasteiger partial charge in [-0.2, -0.15) is 0 Å². The van der Waals surface area contributed by atoms with Gasteiger partial charge in [0.05, 0.1) is 0 Å². The molecule has 0 aromatic heterocycles. The van der Waals surface area contributed by atoms with Gasteiger partial charge in [0.1, 0.15) is 0 Å². The molecule has 2 aliphatic carbocycles. The average molecular weight is 253 g/mol. The standard InChI is InChI=1S/C12H18.Zr/c1-2-5-10-8-11-6-3-4-7-12(11)9-10;/h8H,2-7,9H2,1H3;. The van der Waals surface area contributed by atoms with Crippen LogP contribution in [0.1, 0.15) is 51.9 Å². The Bertz CT molecular complexity index is 236. The van der Waals surface area contributed by atoms with E-state index in [1.807, 2.05) is 0 Å². The van der Waals surface area contributed by atoms with Crippen molar-refractivity contribution in [2.24, 2.45) is 0 Å². The van der Waals surface area contributed by atoms with Gasteiger partial charge >= 0.3 is 0 Å². The van der Waals surface area contributed by atoms with Crippen LogP contribution in [-0.4, -0.2) is 0 Å². The zero-order valence-electron chi connectivity index (χ0n) is 8.53. The molecule has 0 nitrogen and oxygen atoms in total. The van der Waals surface area contributed by atoms with Crippen molar-refractivity contribution in [3.63, 3.8) is 0 Å². The van der Waals surface area contributed by atoms with Crippen LogP contribution in [0.15, 0.2) is 22.8 Å². The van der Waals surface area contributed by atoms with Crippen LogP contribution in [0, 0.1) is 0 Å². The maximum Gasteiger partial charge on any atom is 0 e. The van der Waals surface area contributed by atoms with E-state index < -0.39 is 0 Å². The Kier molecular flexibility index (Phi) is 4.66. The summed E-state index contributed by atoms with van der Waals surface area (Å²) in [5.41, 5.74) is 5.17. The number of rotatable bonds is 2. The van der Waals surface area contributed by atoms with E-state index in [0.29, 0.717) is 0 Å². The van der Waals surface area contributed by atoms with E-state index in [4.69, 9.17) is 0 Å². The van der Waals surface area contributed by atoms with Gasteiger partial charge in [0.2, 0.25) is 0 Å². The number of allylic oxidation sites excluding steroid dienone is 4. The van der Waals surface area contributed by atoms with Gasteiger partial charge in [-0.05, 0) is 44.1 Å². The Labute approximate surface area is 101 Å². The average Bonchev–Trinajstić information content (AvgIpc) is 2.47. The molecule has 0 aliphatic heterocycles. The maximum absolute atomic E-state index is 2.48. The molecule has 0 spiro atoms. The van der Waals surface area contributed by atoms with Crippen LogP contribution < -0.4 is 0 Å².